The molecular weight excluding hydrogens is 378 g/mol. The number of pyridine rings is 1. The number of nitrogens with zero attached hydrogens (tertiary/aromatic N) is 3. The van der Waals surface area contributed by atoms with E-state index >= 15 is 0 Å². The van der Waals surface area contributed by atoms with Gasteiger partial charge in [0.05, 0.1) is 10.6 Å². The average Bonchev–Trinajstić information content (AvgIpc) is 2.56. The van der Waals surface area contributed by atoms with Gasteiger partial charge in [0, 0.05) is 23.8 Å². The summed E-state index contributed by atoms with van der Waals surface area (Å²) in [5.41, 5.74) is 0.0760. The van der Waals surface area contributed by atoms with E-state index in [-0.39, 0.29) is 22.7 Å². The molecule has 1 atom stereocenters. The second kappa shape index (κ2) is 8.04. The monoisotopic (exact) mass is 389 g/mol. The largest absolute Gasteiger partial charge is 0.408 e. The zero-order valence-electron chi connectivity index (χ0n) is 12.9. The van der Waals surface area contributed by atoms with Crippen LogP contribution in [0.1, 0.15) is 24.1 Å². The molecule has 9 heteroatoms. The lowest BCUT2D eigenvalue weighted by Gasteiger charge is -2.31. The van der Waals surface area contributed by atoms with Crippen LogP contribution in [0.4, 0.5) is 17.6 Å². The Morgan fingerprint density at radius 2 is 2.04 bits per heavy atom. The number of benzene rings is 1. The number of hydrogen-bond donors (Lipinski definition) is 0. The number of alkyl halides is 3. The van der Waals surface area contributed by atoms with Crippen LogP contribution in [-0.4, -0.2) is 22.0 Å². The molecule has 0 aliphatic carbocycles. The maximum Gasteiger partial charge on any atom is 0.408 e. The minimum absolute atomic E-state index is 0.0423. The van der Waals surface area contributed by atoms with Gasteiger partial charge >= 0.3 is 6.18 Å². The van der Waals surface area contributed by atoms with Gasteiger partial charge in [-0.15, -0.1) is 0 Å². The SMILES string of the molecule is CCN(Sc1cncc(C#N)c1)[C@H](c1ccc(F)c(Cl)c1)C(F)(F)F. The fraction of sp³-hybridized carbons (Fsp3) is 0.250. The fourth-order valence-electron chi connectivity index (χ4n) is 2.17. The summed E-state index contributed by atoms with van der Waals surface area (Å²) in [6.07, 6.45) is -1.91. The van der Waals surface area contributed by atoms with Gasteiger partial charge in [-0.1, -0.05) is 24.6 Å². The number of halogens is 5. The van der Waals surface area contributed by atoms with Crippen LogP contribution in [0.3, 0.4) is 0 Å². The zero-order chi connectivity index (χ0) is 18.6. The lowest BCUT2D eigenvalue weighted by atomic mass is 10.1. The van der Waals surface area contributed by atoms with E-state index in [1.807, 2.05) is 6.07 Å². The molecule has 0 amide bonds. The Morgan fingerprint density at radius 3 is 2.60 bits per heavy atom. The summed E-state index contributed by atoms with van der Waals surface area (Å²) in [6.45, 7) is 1.61. The second-order valence-corrected chi connectivity index (χ2v) is 6.49. The molecule has 2 aromatic rings. The lowest BCUT2D eigenvalue weighted by molar-refractivity contribution is -0.172. The van der Waals surface area contributed by atoms with Crippen LogP contribution in [0, 0.1) is 17.1 Å². The maximum atomic E-state index is 13.7. The molecule has 0 radical (unpaired) electrons. The maximum absolute atomic E-state index is 13.7. The summed E-state index contributed by atoms with van der Waals surface area (Å²) < 4.78 is 55.4. The zero-order valence-corrected chi connectivity index (χ0v) is 14.5. The molecule has 0 N–H and O–H groups in total. The fourth-order valence-corrected chi connectivity index (χ4v) is 3.39. The van der Waals surface area contributed by atoms with E-state index in [1.54, 1.807) is 6.92 Å². The smallest absolute Gasteiger partial charge is 0.262 e. The van der Waals surface area contributed by atoms with Crippen LogP contribution in [0.2, 0.25) is 5.02 Å². The molecule has 1 heterocycles. The van der Waals surface area contributed by atoms with Gasteiger partial charge in [0.25, 0.3) is 0 Å². The highest BCUT2D eigenvalue weighted by molar-refractivity contribution is 7.97. The van der Waals surface area contributed by atoms with Gasteiger partial charge in [-0.2, -0.15) is 18.4 Å². The topological polar surface area (TPSA) is 39.9 Å². The molecular formula is C16H12ClF4N3S. The van der Waals surface area contributed by atoms with Crippen molar-refractivity contribution in [2.45, 2.75) is 24.0 Å². The Labute approximate surface area is 151 Å². The van der Waals surface area contributed by atoms with Crippen molar-refractivity contribution >= 4 is 23.5 Å². The van der Waals surface area contributed by atoms with Crippen molar-refractivity contribution in [1.29, 1.82) is 5.26 Å². The summed E-state index contributed by atoms with van der Waals surface area (Å²) >= 11 is 6.46. The van der Waals surface area contributed by atoms with Crippen molar-refractivity contribution in [3.8, 4) is 6.07 Å². The number of aromatic nitrogens is 1. The van der Waals surface area contributed by atoms with E-state index in [2.05, 4.69) is 4.98 Å². The molecule has 1 aromatic heterocycles. The molecule has 0 saturated carbocycles. The first-order valence-corrected chi connectivity index (χ1v) is 8.22. The van der Waals surface area contributed by atoms with E-state index < -0.39 is 18.0 Å². The molecule has 0 saturated heterocycles. The van der Waals surface area contributed by atoms with E-state index in [0.29, 0.717) is 4.90 Å². The van der Waals surface area contributed by atoms with Crippen LogP contribution >= 0.6 is 23.5 Å². The third-order valence-electron chi connectivity index (χ3n) is 3.23. The summed E-state index contributed by atoms with van der Waals surface area (Å²) in [5, 5.41) is 8.51. The molecule has 0 spiro atoms. The Balaban J connectivity index is 2.40. The van der Waals surface area contributed by atoms with Gasteiger partial charge < -0.3 is 0 Å². The molecule has 25 heavy (non-hydrogen) atoms. The number of nitriles is 1. The highest BCUT2D eigenvalue weighted by atomic mass is 35.5. The molecule has 0 fully saturated rings. The predicted molar refractivity (Wildman–Crippen MR) is 87.4 cm³/mol. The summed E-state index contributed by atoms with van der Waals surface area (Å²) in [4.78, 5) is 4.23. The van der Waals surface area contributed by atoms with Crippen LogP contribution in [0.5, 0.6) is 0 Å². The normalized spacial score (nSPS) is 12.9. The molecule has 0 aliphatic heterocycles. The third-order valence-corrected chi connectivity index (χ3v) is 4.66. The van der Waals surface area contributed by atoms with Crippen LogP contribution in [0.15, 0.2) is 41.6 Å². The third kappa shape index (κ3) is 4.84. The Hall–Kier alpha value is -1.82. The van der Waals surface area contributed by atoms with E-state index in [4.69, 9.17) is 16.9 Å². The molecule has 0 unspecified atom stereocenters. The standard InChI is InChI=1S/C16H12ClF4N3S/c1-2-24(25-12-5-10(7-22)8-23-9-12)15(16(19,20)21)11-3-4-14(18)13(17)6-11/h3-6,8-9,15H,2H2,1H3/t15-/m1/s1. The highest BCUT2D eigenvalue weighted by Gasteiger charge is 2.45. The first-order chi connectivity index (χ1) is 11.8. The van der Waals surface area contributed by atoms with Crippen molar-refractivity contribution in [2.24, 2.45) is 0 Å². The summed E-state index contributed by atoms with van der Waals surface area (Å²) in [7, 11) is 0. The van der Waals surface area contributed by atoms with Gasteiger partial charge in [-0.25, -0.2) is 8.70 Å². The van der Waals surface area contributed by atoms with Gasteiger partial charge in [0.1, 0.15) is 17.9 Å². The van der Waals surface area contributed by atoms with Crippen LogP contribution < -0.4 is 0 Å². The molecule has 0 bridgehead atoms. The van der Waals surface area contributed by atoms with Gasteiger partial charge in [-0.3, -0.25) is 4.98 Å². The molecule has 132 valence electrons. The first kappa shape index (κ1) is 19.5. The van der Waals surface area contributed by atoms with E-state index in [1.165, 1.54) is 18.5 Å². The minimum atomic E-state index is -4.61. The molecule has 3 nitrogen and oxygen atoms in total. The number of rotatable bonds is 5. The van der Waals surface area contributed by atoms with Crippen molar-refractivity contribution < 1.29 is 17.6 Å². The Kier molecular flexibility index (Phi) is 6.27. The predicted octanol–water partition coefficient (Wildman–Crippen LogP) is 5.38. The lowest BCUT2D eigenvalue weighted by Crippen LogP contribution is -2.34. The van der Waals surface area contributed by atoms with Crippen molar-refractivity contribution in [1.82, 2.24) is 9.29 Å². The summed E-state index contributed by atoms with van der Waals surface area (Å²) in [5.74, 6) is -0.784. The van der Waals surface area contributed by atoms with Gasteiger partial charge in [-0.05, 0) is 35.7 Å². The van der Waals surface area contributed by atoms with Gasteiger partial charge in [0.15, 0.2) is 0 Å². The average molecular weight is 390 g/mol. The Morgan fingerprint density at radius 1 is 1.32 bits per heavy atom. The molecule has 1 aromatic carbocycles. The quantitative estimate of drug-likeness (QED) is 0.508. The van der Waals surface area contributed by atoms with Crippen molar-refractivity contribution in [2.75, 3.05) is 6.54 Å². The van der Waals surface area contributed by atoms with Gasteiger partial charge in [0.2, 0.25) is 0 Å². The number of hydrogen-bond acceptors (Lipinski definition) is 4. The van der Waals surface area contributed by atoms with E-state index in [0.717, 1.165) is 34.5 Å². The van der Waals surface area contributed by atoms with Crippen LogP contribution in [0.25, 0.3) is 0 Å². The van der Waals surface area contributed by atoms with Crippen molar-refractivity contribution in [3.05, 3.63) is 58.6 Å². The second-order valence-electron chi connectivity index (χ2n) is 4.96. The molecule has 2 rings (SSSR count). The highest BCUT2D eigenvalue weighted by Crippen LogP contribution is 2.43. The van der Waals surface area contributed by atoms with Crippen LogP contribution in [-0.2, 0) is 0 Å². The van der Waals surface area contributed by atoms with E-state index in [9.17, 15) is 17.6 Å². The first-order valence-electron chi connectivity index (χ1n) is 7.07. The molecule has 0 aliphatic rings. The Bertz CT molecular complexity index is 792. The van der Waals surface area contributed by atoms with Crippen molar-refractivity contribution in [3.63, 3.8) is 0 Å². The minimum Gasteiger partial charge on any atom is -0.262 e. The summed E-state index contributed by atoms with van der Waals surface area (Å²) in [6, 6.07) is 4.29.